The van der Waals surface area contributed by atoms with Gasteiger partial charge in [-0.2, -0.15) is 5.01 Å². The predicted octanol–water partition coefficient (Wildman–Crippen LogP) is 3.72. The van der Waals surface area contributed by atoms with Crippen LogP contribution in [0.25, 0.3) is 0 Å². The molecule has 40 heavy (non-hydrogen) atoms. The molecule has 0 spiro atoms. The maximum Gasteiger partial charge on any atom is 0.332 e. The maximum atomic E-state index is 14.0. The number of urea groups is 1. The maximum absolute atomic E-state index is 14.0. The van der Waals surface area contributed by atoms with E-state index in [0.29, 0.717) is 18.1 Å². The lowest BCUT2D eigenvalue weighted by Gasteiger charge is -2.45. The molecule has 10 heteroatoms. The van der Waals surface area contributed by atoms with Gasteiger partial charge in [-0.1, -0.05) is 78.3 Å². The number of hydrogen-bond acceptors (Lipinski definition) is 5. The molecule has 3 aromatic carbocycles. The molecule has 3 aromatic rings. The van der Waals surface area contributed by atoms with Crippen LogP contribution in [0.15, 0.2) is 78.9 Å². The van der Waals surface area contributed by atoms with E-state index < -0.39 is 12.2 Å². The number of amides is 4. The number of carbonyl (C=O) groups is 3. The summed E-state index contributed by atoms with van der Waals surface area (Å²) >= 11 is 6.39. The van der Waals surface area contributed by atoms with E-state index in [1.165, 1.54) is 5.01 Å². The summed E-state index contributed by atoms with van der Waals surface area (Å²) in [6.07, 6.45) is -0.511. The molecule has 0 bridgehead atoms. The van der Waals surface area contributed by atoms with Crippen molar-refractivity contribution in [3.63, 3.8) is 0 Å². The Hall–Kier alpha value is -4.08. The van der Waals surface area contributed by atoms with Crippen LogP contribution < -0.4 is 10.2 Å². The van der Waals surface area contributed by atoms with E-state index >= 15 is 0 Å². The second kappa shape index (κ2) is 11.6. The van der Waals surface area contributed by atoms with Crippen molar-refractivity contribution in [2.24, 2.45) is 0 Å². The number of piperazine rings is 1. The second-order valence-corrected chi connectivity index (χ2v) is 10.7. The Balaban J connectivity index is 1.42. The number of hydrazine groups is 1. The van der Waals surface area contributed by atoms with Crippen LogP contribution in [0, 0.1) is 0 Å². The molecule has 2 fully saturated rings. The molecule has 2 saturated heterocycles. The summed E-state index contributed by atoms with van der Waals surface area (Å²) in [5.74, 6) is -0.355. The first-order chi connectivity index (χ1) is 19.2. The molecule has 0 unspecified atom stereocenters. The van der Waals surface area contributed by atoms with Crippen molar-refractivity contribution >= 4 is 35.1 Å². The van der Waals surface area contributed by atoms with Gasteiger partial charge in [-0.25, -0.2) is 4.79 Å². The van der Waals surface area contributed by atoms with Crippen molar-refractivity contribution in [2.45, 2.75) is 25.3 Å². The highest BCUT2D eigenvalue weighted by molar-refractivity contribution is 6.33. The molecule has 1 N–H and O–H groups in total. The summed E-state index contributed by atoms with van der Waals surface area (Å²) in [5.41, 5.74) is 3.49. The first-order valence-electron chi connectivity index (χ1n) is 13.2. The third kappa shape index (κ3) is 5.48. The molecule has 0 radical (unpaired) electrons. The minimum absolute atomic E-state index is 0.00387. The molecule has 0 aromatic heterocycles. The SMILES string of the molecule is CN(C)c1cc(CN2C[C@H]3N(C(=O)CN3N(C)C(=O)NCc3ccccc3)[C@@H](c3ccccc3)C2=O)ccc1Cl. The van der Waals surface area contributed by atoms with E-state index in [1.807, 2.05) is 97.9 Å². The number of hydrogen-bond donors (Lipinski definition) is 1. The first-order valence-corrected chi connectivity index (χ1v) is 13.5. The van der Waals surface area contributed by atoms with Crippen molar-refractivity contribution < 1.29 is 14.4 Å². The third-order valence-corrected chi connectivity index (χ3v) is 7.72. The molecule has 5 rings (SSSR count). The highest BCUT2D eigenvalue weighted by Gasteiger charge is 2.52. The van der Waals surface area contributed by atoms with Gasteiger partial charge in [0, 0.05) is 34.2 Å². The Bertz CT molecular complexity index is 1390. The Kier molecular flexibility index (Phi) is 7.95. The number of fused-ring (bicyclic) bond motifs is 1. The molecule has 0 saturated carbocycles. The first kappa shape index (κ1) is 27.5. The minimum Gasteiger partial charge on any atom is -0.376 e. The summed E-state index contributed by atoms with van der Waals surface area (Å²) in [4.78, 5) is 45.8. The van der Waals surface area contributed by atoms with Gasteiger partial charge in [0.05, 0.1) is 23.8 Å². The topological polar surface area (TPSA) is 79.4 Å². The van der Waals surface area contributed by atoms with Gasteiger partial charge >= 0.3 is 6.03 Å². The molecular formula is C30H33ClN6O3. The fourth-order valence-electron chi connectivity index (χ4n) is 5.32. The van der Waals surface area contributed by atoms with Gasteiger partial charge < -0.3 is 20.0 Å². The van der Waals surface area contributed by atoms with Crippen LogP contribution in [0.4, 0.5) is 10.5 Å². The number of nitrogens with zero attached hydrogens (tertiary/aromatic N) is 5. The van der Waals surface area contributed by atoms with Crippen LogP contribution >= 0.6 is 11.6 Å². The Morgan fingerprint density at radius 1 is 0.950 bits per heavy atom. The summed E-state index contributed by atoms with van der Waals surface area (Å²) in [6.45, 7) is 0.957. The molecule has 2 heterocycles. The monoisotopic (exact) mass is 560 g/mol. The summed E-state index contributed by atoms with van der Waals surface area (Å²) in [5, 5.41) is 6.75. The number of rotatable bonds is 7. The van der Waals surface area contributed by atoms with Crippen LogP contribution in [-0.4, -0.2) is 78.1 Å². The molecule has 2 aliphatic heterocycles. The lowest BCUT2D eigenvalue weighted by atomic mass is 10.00. The van der Waals surface area contributed by atoms with Gasteiger partial charge in [-0.15, -0.1) is 0 Å². The normalized spacial score (nSPS) is 19.0. The highest BCUT2D eigenvalue weighted by Crippen LogP contribution is 2.36. The van der Waals surface area contributed by atoms with Crippen molar-refractivity contribution in [2.75, 3.05) is 39.1 Å². The van der Waals surface area contributed by atoms with Gasteiger partial charge in [0.2, 0.25) is 5.91 Å². The van der Waals surface area contributed by atoms with Crippen LogP contribution in [-0.2, 0) is 22.7 Å². The zero-order valence-electron chi connectivity index (χ0n) is 22.8. The second-order valence-electron chi connectivity index (χ2n) is 10.3. The van der Waals surface area contributed by atoms with E-state index in [2.05, 4.69) is 5.32 Å². The predicted molar refractivity (Wildman–Crippen MR) is 154 cm³/mol. The Morgan fingerprint density at radius 3 is 2.30 bits per heavy atom. The molecule has 2 aliphatic rings. The van der Waals surface area contributed by atoms with Crippen LogP contribution in [0.2, 0.25) is 5.02 Å². The number of nitrogens with one attached hydrogen (secondary N) is 1. The standard InChI is InChI=1S/C30H33ClN6O3/c1-33(2)25-16-22(14-15-24(25)31)18-35-19-26-36(34(3)30(40)32-17-21-10-6-4-7-11-21)20-27(38)37(26)28(29(35)39)23-12-8-5-9-13-23/h4-16,26,28H,17-20H2,1-3H3,(H,32,40)/t26-,28+/m1/s1. The van der Waals surface area contributed by atoms with Gasteiger partial charge in [-0.3, -0.25) is 14.6 Å². The smallest absolute Gasteiger partial charge is 0.332 e. The lowest BCUT2D eigenvalue weighted by Crippen LogP contribution is -2.62. The van der Waals surface area contributed by atoms with Crippen molar-refractivity contribution in [3.05, 3.63) is 101 Å². The Morgan fingerprint density at radius 2 is 1.62 bits per heavy atom. The van der Waals surface area contributed by atoms with Crippen LogP contribution in [0.5, 0.6) is 0 Å². The molecule has 0 aliphatic carbocycles. The van der Waals surface area contributed by atoms with Gasteiger partial charge in [0.15, 0.2) is 0 Å². The fourth-order valence-corrected chi connectivity index (χ4v) is 5.61. The van der Waals surface area contributed by atoms with Gasteiger partial charge in [0.1, 0.15) is 12.2 Å². The van der Waals surface area contributed by atoms with E-state index in [9.17, 15) is 14.4 Å². The van der Waals surface area contributed by atoms with Crippen LogP contribution in [0.1, 0.15) is 22.7 Å². The number of benzene rings is 3. The van der Waals surface area contributed by atoms with Crippen LogP contribution in [0.3, 0.4) is 0 Å². The zero-order chi connectivity index (χ0) is 28.4. The average Bonchev–Trinajstić information content (AvgIpc) is 3.28. The fraction of sp³-hybridized carbons (Fsp3) is 0.300. The lowest BCUT2D eigenvalue weighted by molar-refractivity contribution is -0.157. The van der Waals surface area contributed by atoms with Crippen molar-refractivity contribution in [3.8, 4) is 0 Å². The average molecular weight is 561 g/mol. The molecular weight excluding hydrogens is 528 g/mol. The van der Waals surface area contributed by atoms with Crippen molar-refractivity contribution in [1.29, 1.82) is 0 Å². The number of halogens is 1. The molecule has 208 valence electrons. The molecule has 9 nitrogen and oxygen atoms in total. The number of carbonyl (C=O) groups excluding carboxylic acids is 3. The van der Waals surface area contributed by atoms with E-state index in [4.69, 9.17) is 11.6 Å². The summed E-state index contributed by atoms with van der Waals surface area (Å²) in [7, 11) is 5.49. The summed E-state index contributed by atoms with van der Waals surface area (Å²) in [6, 6.07) is 23.6. The third-order valence-electron chi connectivity index (χ3n) is 7.40. The highest BCUT2D eigenvalue weighted by atomic mass is 35.5. The largest absolute Gasteiger partial charge is 0.376 e. The Labute approximate surface area is 239 Å². The van der Waals surface area contributed by atoms with Gasteiger partial charge in [-0.05, 0) is 28.8 Å². The van der Waals surface area contributed by atoms with Gasteiger partial charge in [0.25, 0.3) is 5.91 Å². The van der Waals surface area contributed by atoms with Crippen molar-refractivity contribution in [1.82, 2.24) is 25.1 Å². The van der Waals surface area contributed by atoms with E-state index in [0.717, 1.165) is 22.4 Å². The quantitative estimate of drug-likeness (QED) is 0.476. The van der Waals surface area contributed by atoms with E-state index in [-0.39, 0.29) is 30.9 Å². The number of anilines is 1. The zero-order valence-corrected chi connectivity index (χ0v) is 23.6. The summed E-state index contributed by atoms with van der Waals surface area (Å²) < 4.78 is 0. The molecule has 4 amide bonds. The minimum atomic E-state index is -0.793. The molecule has 2 atom stereocenters. The van der Waals surface area contributed by atoms with E-state index in [1.54, 1.807) is 21.9 Å².